The van der Waals surface area contributed by atoms with Crippen molar-refractivity contribution >= 4 is 33.1 Å². The molecule has 21 heavy (non-hydrogen) atoms. The molecule has 2 aromatic rings. The smallest absolute Gasteiger partial charge is 0.262 e. The van der Waals surface area contributed by atoms with Gasteiger partial charge in [-0.1, -0.05) is 17.7 Å². The second kappa shape index (κ2) is 6.32. The third-order valence-electron chi connectivity index (χ3n) is 2.84. The molecule has 0 aliphatic rings. The number of hydrogen-bond donors (Lipinski definition) is 2. The Morgan fingerprint density at radius 3 is 2.71 bits per heavy atom. The number of aryl methyl sites for hydroxylation is 1. The van der Waals surface area contributed by atoms with Crippen LogP contribution in [0.5, 0.6) is 0 Å². The molecule has 0 spiro atoms. The van der Waals surface area contributed by atoms with Gasteiger partial charge in [-0.15, -0.1) is 0 Å². The van der Waals surface area contributed by atoms with E-state index >= 15 is 0 Å². The van der Waals surface area contributed by atoms with E-state index in [1.165, 1.54) is 18.3 Å². The molecule has 1 heterocycles. The van der Waals surface area contributed by atoms with Crippen LogP contribution in [0.2, 0.25) is 5.02 Å². The standard InChI is InChI=1S/C14H16ClN3O2S/c1-3-16-14-9-12(6-7-17-14)21(19,20)18-13-8-11(15)5-4-10(13)2/h4-9,18H,3H2,1-2H3,(H,16,17). The zero-order chi connectivity index (χ0) is 15.5. The minimum absolute atomic E-state index is 0.146. The van der Waals surface area contributed by atoms with Gasteiger partial charge in [0, 0.05) is 23.8 Å². The topological polar surface area (TPSA) is 71.1 Å². The van der Waals surface area contributed by atoms with Crippen LogP contribution in [-0.2, 0) is 10.0 Å². The number of halogens is 1. The van der Waals surface area contributed by atoms with E-state index in [0.29, 0.717) is 23.1 Å². The Morgan fingerprint density at radius 1 is 1.24 bits per heavy atom. The van der Waals surface area contributed by atoms with Gasteiger partial charge >= 0.3 is 0 Å². The van der Waals surface area contributed by atoms with Gasteiger partial charge in [-0.3, -0.25) is 4.72 Å². The Kier molecular flexibility index (Phi) is 4.69. The molecule has 0 fully saturated rings. The van der Waals surface area contributed by atoms with Gasteiger partial charge in [0.25, 0.3) is 10.0 Å². The van der Waals surface area contributed by atoms with Gasteiger partial charge in [0.05, 0.1) is 10.6 Å². The third-order valence-corrected chi connectivity index (χ3v) is 4.44. The maximum absolute atomic E-state index is 12.4. The summed E-state index contributed by atoms with van der Waals surface area (Å²) in [4.78, 5) is 4.20. The van der Waals surface area contributed by atoms with Gasteiger partial charge in [-0.2, -0.15) is 0 Å². The van der Waals surface area contributed by atoms with Crippen molar-refractivity contribution in [2.45, 2.75) is 18.7 Å². The van der Waals surface area contributed by atoms with Crippen LogP contribution in [0.1, 0.15) is 12.5 Å². The summed E-state index contributed by atoms with van der Waals surface area (Å²) in [6.45, 7) is 4.39. The SMILES string of the molecule is CCNc1cc(S(=O)(=O)Nc2cc(Cl)ccc2C)ccn1. The molecule has 1 aromatic carbocycles. The molecule has 2 N–H and O–H groups in total. The van der Waals surface area contributed by atoms with Crippen LogP contribution in [0.3, 0.4) is 0 Å². The monoisotopic (exact) mass is 325 g/mol. The molecular weight excluding hydrogens is 310 g/mol. The Hall–Kier alpha value is -1.79. The third kappa shape index (κ3) is 3.86. The quantitative estimate of drug-likeness (QED) is 0.885. The van der Waals surface area contributed by atoms with E-state index in [0.717, 1.165) is 5.56 Å². The first-order valence-electron chi connectivity index (χ1n) is 6.41. The molecule has 1 aromatic heterocycles. The van der Waals surface area contributed by atoms with Crippen molar-refractivity contribution < 1.29 is 8.42 Å². The number of nitrogens with zero attached hydrogens (tertiary/aromatic N) is 1. The second-order valence-electron chi connectivity index (χ2n) is 4.47. The Morgan fingerprint density at radius 2 is 2.00 bits per heavy atom. The Bertz CT molecular complexity index is 748. The van der Waals surface area contributed by atoms with Crippen molar-refractivity contribution in [2.24, 2.45) is 0 Å². The van der Waals surface area contributed by atoms with Crippen LogP contribution in [0.15, 0.2) is 41.4 Å². The lowest BCUT2D eigenvalue weighted by Crippen LogP contribution is -2.14. The van der Waals surface area contributed by atoms with Crippen molar-refractivity contribution in [1.29, 1.82) is 0 Å². The molecule has 0 saturated carbocycles. The van der Waals surface area contributed by atoms with Crippen molar-refractivity contribution in [3.63, 3.8) is 0 Å². The highest BCUT2D eigenvalue weighted by molar-refractivity contribution is 7.92. The fourth-order valence-electron chi connectivity index (χ4n) is 1.76. The molecule has 2 rings (SSSR count). The van der Waals surface area contributed by atoms with Gasteiger partial charge in [0.2, 0.25) is 0 Å². The van der Waals surface area contributed by atoms with Crippen LogP contribution in [0.4, 0.5) is 11.5 Å². The number of anilines is 2. The number of benzene rings is 1. The maximum Gasteiger partial charge on any atom is 0.262 e. The van der Waals surface area contributed by atoms with Crippen LogP contribution in [-0.4, -0.2) is 19.9 Å². The van der Waals surface area contributed by atoms with E-state index in [-0.39, 0.29) is 4.90 Å². The van der Waals surface area contributed by atoms with E-state index in [9.17, 15) is 8.42 Å². The molecule has 0 atom stereocenters. The minimum atomic E-state index is -3.68. The lowest BCUT2D eigenvalue weighted by molar-refractivity contribution is 0.601. The van der Waals surface area contributed by atoms with Crippen LogP contribution in [0, 0.1) is 6.92 Å². The number of aromatic nitrogens is 1. The summed E-state index contributed by atoms with van der Waals surface area (Å²) in [5, 5.41) is 3.45. The number of hydrogen-bond acceptors (Lipinski definition) is 4. The van der Waals surface area contributed by atoms with Gasteiger partial charge in [-0.25, -0.2) is 13.4 Å². The molecule has 5 nitrogen and oxygen atoms in total. The van der Waals surface area contributed by atoms with E-state index in [2.05, 4.69) is 15.0 Å². The number of pyridine rings is 1. The number of nitrogens with one attached hydrogen (secondary N) is 2. The highest BCUT2D eigenvalue weighted by atomic mass is 35.5. The van der Waals surface area contributed by atoms with Gasteiger partial charge < -0.3 is 5.32 Å². The first kappa shape index (κ1) is 15.6. The highest BCUT2D eigenvalue weighted by Crippen LogP contribution is 2.23. The van der Waals surface area contributed by atoms with Gasteiger partial charge in [-0.05, 0) is 37.6 Å². The van der Waals surface area contributed by atoms with Crippen molar-refractivity contribution in [3.8, 4) is 0 Å². The largest absolute Gasteiger partial charge is 0.370 e. The minimum Gasteiger partial charge on any atom is -0.370 e. The van der Waals surface area contributed by atoms with Crippen LogP contribution in [0.25, 0.3) is 0 Å². The van der Waals surface area contributed by atoms with Crippen molar-refractivity contribution in [3.05, 3.63) is 47.1 Å². The average Bonchev–Trinajstić information content (AvgIpc) is 2.43. The molecule has 112 valence electrons. The predicted octanol–water partition coefficient (Wildman–Crippen LogP) is 3.28. The zero-order valence-corrected chi connectivity index (χ0v) is 13.3. The van der Waals surface area contributed by atoms with E-state index in [1.54, 1.807) is 18.2 Å². The summed E-state index contributed by atoms with van der Waals surface area (Å²) in [6.07, 6.45) is 1.46. The van der Waals surface area contributed by atoms with Gasteiger partial charge in [0.15, 0.2) is 0 Å². The summed E-state index contributed by atoms with van der Waals surface area (Å²) in [6, 6.07) is 8.00. The summed E-state index contributed by atoms with van der Waals surface area (Å²) >= 11 is 5.90. The van der Waals surface area contributed by atoms with Crippen LogP contribution < -0.4 is 10.0 Å². The van der Waals surface area contributed by atoms with Crippen LogP contribution >= 0.6 is 11.6 Å². The average molecular weight is 326 g/mol. The number of rotatable bonds is 5. The molecule has 0 aliphatic carbocycles. The Balaban J connectivity index is 2.34. The molecule has 7 heteroatoms. The first-order chi connectivity index (χ1) is 9.92. The number of sulfonamides is 1. The van der Waals surface area contributed by atoms with E-state index in [4.69, 9.17) is 11.6 Å². The zero-order valence-electron chi connectivity index (χ0n) is 11.7. The fourth-order valence-corrected chi connectivity index (χ4v) is 3.07. The van der Waals surface area contributed by atoms with Gasteiger partial charge in [0.1, 0.15) is 5.82 Å². The van der Waals surface area contributed by atoms with E-state index in [1.807, 2.05) is 13.8 Å². The lowest BCUT2D eigenvalue weighted by atomic mass is 10.2. The molecule has 0 saturated heterocycles. The summed E-state index contributed by atoms with van der Waals surface area (Å²) < 4.78 is 27.4. The fraction of sp³-hybridized carbons (Fsp3) is 0.214. The summed E-state index contributed by atoms with van der Waals surface area (Å²) in [7, 11) is -3.68. The normalized spacial score (nSPS) is 11.2. The molecule has 0 bridgehead atoms. The van der Waals surface area contributed by atoms with Crippen molar-refractivity contribution in [1.82, 2.24) is 4.98 Å². The first-order valence-corrected chi connectivity index (χ1v) is 8.27. The maximum atomic E-state index is 12.4. The lowest BCUT2D eigenvalue weighted by Gasteiger charge is -2.11. The second-order valence-corrected chi connectivity index (χ2v) is 6.59. The van der Waals surface area contributed by atoms with E-state index < -0.39 is 10.0 Å². The predicted molar refractivity (Wildman–Crippen MR) is 85.4 cm³/mol. The highest BCUT2D eigenvalue weighted by Gasteiger charge is 2.16. The summed E-state index contributed by atoms with van der Waals surface area (Å²) in [5.74, 6) is 0.517. The van der Waals surface area contributed by atoms with Crippen molar-refractivity contribution in [2.75, 3.05) is 16.6 Å². The molecule has 0 unspecified atom stereocenters. The summed E-state index contributed by atoms with van der Waals surface area (Å²) in [5.41, 5.74) is 1.26. The molecule has 0 radical (unpaired) electrons. The molecule has 0 amide bonds. The molecule has 0 aliphatic heterocycles. The molecular formula is C14H16ClN3O2S. The Labute approximate surface area is 129 Å².